The molecule has 0 aliphatic carbocycles. The van der Waals surface area contributed by atoms with Crippen LogP contribution in [0.1, 0.15) is 53.6 Å². The molecule has 1 fully saturated rings. The van der Waals surface area contributed by atoms with Crippen molar-refractivity contribution in [2.75, 3.05) is 26.0 Å². The predicted molar refractivity (Wildman–Crippen MR) is 138 cm³/mol. The highest BCUT2D eigenvalue weighted by molar-refractivity contribution is 7.89. The number of hydrogen-bond donors (Lipinski definition) is 1. The fourth-order valence-electron chi connectivity index (χ4n) is 4.30. The van der Waals surface area contributed by atoms with Gasteiger partial charge in [0, 0.05) is 19.5 Å². The Labute approximate surface area is 216 Å². The fraction of sp³-hybridized carbons (Fsp3) is 0.440. The Bertz CT molecular complexity index is 1130. The second kappa shape index (κ2) is 12.2. The van der Waals surface area contributed by atoms with Gasteiger partial charge in [0.1, 0.15) is 6.04 Å². The van der Waals surface area contributed by atoms with Crippen molar-refractivity contribution < 1.29 is 22.7 Å². The molecule has 1 saturated heterocycles. The third-order valence-corrected chi connectivity index (χ3v) is 8.89. The summed E-state index contributed by atoms with van der Waals surface area (Å²) in [5, 5.41) is 3.06. The number of nitrogens with one attached hydrogen (secondary N) is 1. The number of carbonyl (C=O) groups is 2. The van der Waals surface area contributed by atoms with E-state index in [0.29, 0.717) is 19.5 Å². The second-order valence-corrected chi connectivity index (χ2v) is 11.5. The standard InChI is InChI=1S/C25H30Cl2N2O5S/c1-3-15-35(32,33)29-13-11-19(12-14-29)18-9-7-17(8-10-18)16-22(25(31)34-2)28-24(30)23-20(26)5-4-6-21(23)27/h4-10,19,22H,3,11-16H2,1-2H3,(H,28,30)/t22-/m0/s1. The molecule has 0 aromatic heterocycles. The van der Waals surface area contributed by atoms with Crippen LogP contribution in [0.3, 0.4) is 0 Å². The lowest BCUT2D eigenvalue weighted by Crippen LogP contribution is -2.43. The first-order valence-corrected chi connectivity index (χ1v) is 13.9. The van der Waals surface area contributed by atoms with Crippen LogP contribution in [-0.4, -0.2) is 56.6 Å². The minimum atomic E-state index is -3.17. The van der Waals surface area contributed by atoms with Crippen LogP contribution < -0.4 is 5.32 Å². The molecule has 2 aromatic rings. The molecule has 3 rings (SSSR count). The van der Waals surface area contributed by atoms with Gasteiger partial charge in [-0.3, -0.25) is 4.79 Å². The summed E-state index contributed by atoms with van der Waals surface area (Å²) in [6.45, 7) is 2.92. The first-order chi connectivity index (χ1) is 16.7. The molecule has 0 radical (unpaired) electrons. The van der Waals surface area contributed by atoms with Crippen LogP contribution in [0.4, 0.5) is 0 Å². The van der Waals surface area contributed by atoms with Crippen molar-refractivity contribution in [3.05, 3.63) is 69.2 Å². The van der Waals surface area contributed by atoms with Gasteiger partial charge in [0.15, 0.2) is 0 Å². The van der Waals surface area contributed by atoms with Crippen molar-refractivity contribution >= 4 is 45.1 Å². The van der Waals surface area contributed by atoms with Gasteiger partial charge >= 0.3 is 5.97 Å². The maximum Gasteiger partial charge on any atom is 0.328 e. The summed E-state index contributed by atoms with van der Waals surface area (Å²) in [4.78, 5) is 25.1. The molecule has 1 N–H and O–H groups in total. The van der Waals surface area contributed by atoms with Gasteiger partial charge in [-0.1, -0.05) is 60.5 Å². The molecule has 1 heterocycles. The summed E-state index contributed by atoms with van der Waals surface area (Å²) in [7, 11) is -1.90. The first-order valence-electron chi connectivity index (χ1n) is 11.6. The van der Waals surface area contributed by atoms with E-state index in [1.54, 1.807) is 22.5 Å². The molecule has 1 atom stereocenters. The monoisotopic (exact) mass is 540 g/mol. The van der Waals surface area contributed by atoms with E-state index in [1.807, 2.05) is 31.2 Å². The van der Waals surface area contributed by atoms with Crippen LogP contribution in [0, 0.1) is 0 Å². The van der Waals surface area contributed by atoms with E-state index in [-0.39, 0.29) is 33.7 Å². The van der Waals surface area contributed by atoms with Gasteiger partial charge in [0.05, 0.1) is 28.5 Å². The Morgan fingerprint density at radius 1 is 1.09 bits per heavy atom. The van der Waals surface area contributed by atoms with Crippen molar-refractivity contribution in [2.24, 2.45) is 0 Å². The van der Waals surface area contributed by atoms with E-state index in [9.17, 15) is 18.0 Å². The molecule has 1 amide bonds. The van der Waals surface area contributed by atoms with E-state index in [4.69, 9.17) is 27.9 Å². The quantitative estimate of drug-likeness (QED) is 0.475. The van der Waals surface area contributed by atoms with Gasteiger partial charge in [-0.25, -0.2) is 17.5 Å². The van der Waals surface area contributed by atoms with Crippen LogP contribution in [0.15, 0.2) is 42.5 Å². The number of rotatable bonds is 9. The highest BCUT2D eigenvalue weighted by atomic mass is 35.5. The Morgan fingerprint density at radius 3 is 2.23 bits per heavy atom. The zero-order valence-electron chi connectivity index (χ0n) is 19.8. The van der Waals surface area contributed by atoms with Crippen LogP contribution in [0.25, 0.3) is 0 Å². The van der Waals surface area contributed by atoms with Crippen LogP contribution in [0.5, 0.6) is 0 Å². The molecule has 35 heavy (non-hydrogen) atoms. The minimum absolute atomic E-state index is 0.104. The molecule has 1 aliphatic rings. The van der Waals surface area contributed by atoms with E-state index >= 15 is 0 Å². The molecule has 0 spiro atoms. The van der Waals surface area contributed by atoms with E-state index in [1.165, 1.54) is 7.11 Å². The molecule has 0 bridgehead atoms. The van der Waals surface area contributed by atoms with Crippen molar-refractivity contribution in [2.45, 2.75) is 44.6 Å². The number of nitrogens with zero attached hydrogens (tertiary/aromatic N) is 1. The molecular formula is C25H30Cl2N2O5S. The van der Waals surface area contributed by atoms with E-state index in [0.717, 1.165) is 24.0 Å². The number of sulfonamides is 1. The molecule has 1 aliphatic heterocycles. The van der Waals surface area contributed by atoms with Gasteiger partial charge < -0.3 is 10.1 Å². The van der Waals surface area contributed by atoms with Crippen molar-refractivity contribution in [1.82, 2.24) is 9.62 Å². The SMILES string of the molecule is CCCS(=O)(=O)N1CCC(c2ccc(C[C@H](NC(=O)c3c(Cl)cccc3Cl)C(=O)OC)cc2)CC1. The van der Waals surface area contributed by atoms with Crippen molar-refractivity contribution in [1.29, 1.82) is 0 Å². The summed E-state index contributed by atoms with van der Waals surface area (Å²) < 4.78 is 31.1. The van der Waals surface area contributed by atoms with E-state index in [2.05, 4.69) is 5.32 Å². The Balaban J connectivity index is 1.65. The third-order valence-electron chi connectivity index (χ3n) is 6.18. The third kappa shape index (κ3) is 6.97. The van der Waals surface area contributed by atoms with Gasteiger partial charge in [0.25, 0.3) is 5.91 Å². The molecule has 0 unspecified atom stereocenters. The lowest BCUT2D eigenvalue weighted by atomic mass is 9.89. The van der Waals surface area contributed by atoms with Gasteiger partial charge in [-0.05, 0) is 48.4 Å². The Hall–Kier alpha value is -2.13. The van der Waals surface area contributed by atoms with Gasteiger partial charge in [-0.15, -0.1) is 0 Å². The number of hydrogen-bond acceptors (Lipinski definition) is 5. The van der Waals surface area contributed by atoms with Gasteiger partial charge in [0.2, 0.25) is 10.0 Å². The molecule has 190 valence electrons. The number of halogens is 2. The van der Waals surface area contributed by atoms with Crippen molar-refractivity contribution in [3.63, 3.8) is 0 Å². The lowest BCUT2D eigenvalue weighted by Gasteiger charge is -2.31. The Kier molecular flexibility index (Phi) is 9.58. The smallest absolute Gasteiger partial charge is 0.328 e. The summed E-state index contributed by atoms with van der Waals surface area (Å²) in [5.41, 5.74) is 2.08. The zero-order valence-corrected chi connectivity index (χ0v) is 22.1. The highest BCUT2D eigenvalue weighted by Gasteiger charge is 2.28. The zero-order chi connectivity index (χ0) is 25.6. The normalized spacial score (nSPS) is 16.0. The number of benzene rings is 2. The number of piperidine rings is 1. The summed E-state index contributed by atoms with van der Waals surface area (Å²) in [6, 6.07) is 11.7. The number of carbonyl (C=O) groups excluding carboxylic acids is 2. The molecule has 0 saturated carbocycles. The minimum Gasteiger partial charge on any atom is -0.467 e. The average Bonchev–Trinajstić information content (AvgIpc) is 2.83. The summed E-state index contributed by atoms with van der Waals surface area (Å²) in [6.07, 6.45) is 2.38. The summed E-state index contributed by atoms with van der Waals surface area (Å²) >= 11 is 12.2. The maximum atomic E-state index is 12.8. The predicted octanol–water partition coefficient (Wildman–Crippen LogP) is 4.43. The van der Waals surface area contributed by atoms with Crippen molar-refractivity contribution in [3.8, 4) is 0 Å². The second-order valence-electron chi connectivity index (χ2n) is 8.58. The lowest BCUT2D eigenvalue weighted by molar-refractivity contribution is -0.142. The van der Waals surface area contributed by atoms with Crippen LogP contribution >= 0.6 is 23.2 Å². The largest absolute Gasteiger partial charge is 0.467 e. The summed E-state index contributed by atoms with van der Waals surface area (Å²) in [5.74, 6) is -0.674. The topological polar surface area (TPSA) is 92.8 Å². The number of methoxy groups -OCH3 is 1. The molecule has 7 nitrogen and oxygen atoms in total. The fourth-order valence-corrected chi connectivity index (χ4v) is 6.41. The van der Waals surface area contributed by atoms with Gasteiger partial charge in [-0.2, -0.15) is 0 Å². The average molecular weight is 541 g/mol. The first kappa shape index (κ1) is 27.5. The number of amides is 1. The molecule has 2 aromatic carbocycles. The number of esters is 1. The Morgan fingerprint density at radius 2 is 1.69 bits per heavy atom. The maximum absolute atomic E-state index is 12.8. The molecular weight excluding hydrogens is 511 g/mol. The molecule has 10 heteroatoms. The van der Waals surface area contributed by atoms with Crippen LogP contribution in [-0.2, 0) is 26.0 Å². The van der Waals surface area contributed by atoms with E-state index < -0.39 is 27.9 Å². The number of ether oxygens (including phenoxy) is 1. The highest BCUT2D eigenvalue weighted by Crippen LogP contribution is 2.30. The van der Waals surface area contributed by atoms with Crippen LogP contribution in [0.2, 0.25) is 10.0 Å².